The fourth-order valence-corrected chi connectivity index (χ4v) is 3.61. The maximum absolute atomic E-state index is 12.6. The van der Waals surface area contributed by atoms with Gasteiger partial charge in [-0.3, -0.25) is 0 Å². The van der Waals surface area contributed by atoms with E-state index in [2.05, 4.69) is 0 Å². The van der Waals surface area contributed by atoms with Crippen molar-refractivity contribution < 1.29 is 13.9 Å². The highest BCUT2D eigenvalue weighted by molar-refractivity contribution is 6.32. The highest BCUT2D eigenvalue weighted by Gasteiger charge is 2.15. The second kappa shape index (κ2) is 8.64. The Hall–Kier alpha value is -3.24. The SMILES string of the molecule is COc1ccc(COc2cc3oc(=O)c(Cc4ccccc4)c(C)c3cc2Cl)cc1. The van der Waals surface area contributed by atoms with Gasteiger partial charge in [0.25, 0.3) is 0 Å². The average Bonchev–Trinajstić information content (AvgIpc) is 2.77. The van der Waals surface area contributed by atoms with Crippen molar-refractivity contribution in [2.24, 2.45) is 0 Å². The topological polar surface area (TPSA) is 48.7 Å². The van der Waals surface area contributed by atoms with Gasteiger partial charge in [0.1, 0.15) is 23.7 Å². The van der Waals surface area contributed by atoms with E-state index in [1.165, 1.54) is 0 Å². The summed E-state index contributed by atoms with van der Waals surface area (Å²) in [5.74, 6) is 1.25. The summed E-state index contributed by atoms with van der Waals surface area (Å²) in [4.78, 5) is 12.6. The first-order valence-corrected chi connectivity index (χ1v) is 9.98. The van der Waals surface area contributed by atoms with E-state index >= 15 is 0 Å². The van der Waals surface area contributed by atoms with Crippen LogP contribution >= 0.6 is 11.6 Å². The lowest BCUT2D eigenvalue weighted by Crippen LogP contribution is -2.11. The van der Waals surface area contributed by atoms with Crippen LogP contribution in [0.3, 0.4) is 0 Å². The van der Waals surface area contributed by atoms with Crippen LogP contribution < -0.4 is 15.1 Å². The number of hydrogen-bond donors (Lipinski definition) is 0. The van der Waals surface area contributed by atoms with Crippen LogP contribution in [0, 0.1) is 6.92 Å². The van der Waals surface area contributed by atoms with E-state index in [9.17, 15) is 4.79 Å². The standard InChI is InChI=1S/C25H21ClO4/c1-16-20-13-22(26)24(29-15-18-8-10-19(28-2)11-9-18)14-23(20)30-25(27)21(16)12-17-6-4-3-5-7-17/h3-11,13-14H,12,15H2,1-2H3. The molecule has 0 fully saturated rings. The van der Waals surface area contributed by atoms with Crippen LogP contribution in [0.15, 0.2) is 75.9 Å². The van der Waals surface area contributed by atoms with Gasteiger partial charge in [-0.1, -0.05) is 54.1 Å². The van der Waals surface area contributed by atoms with Crippen LogP contribution in [0.4, 0.5) is 0 Å². The van der Waals surface area contributed by atoms with Crippen molar-refractivity contribution in [3.8, 4) is 11.5 Å². The number of methoxy groups -OCH3 is 1. The molecule has 1 aromatic heterocycles. The number of halogens is 1. The molecule has 0 aliphatic rings. The summed E-state index contributed by atoms with van der Waals surface area (Å²) in [6.07, 6.45) is 0.512. The molecule has 0 unspecified atom stereocenters. The molecule has 4 nitrogen and oxygen atoms in total. The average molecular weight is 421 g/mol. The third-order valence-corrected chi connectivity index (χ3v) is 5.41. The first kappa shape index (κ1) is 20.0. The predicted molar refractivity (Wildman–Crippen MR) is 119 cm³/mol. The van der Waals surface area contributed by atoms with Gasteiger partial charge in [0.2, 0.25) is 0 Å². The van der Waals surface area contributed by atoms with Gasteiger partial charge >= 0.3 is 5.63 Å². The van der Waals surface area contributed by atoms with Crippen molar-refractivity contribution in [1.82, 2.24) is 0 Å². The minimum atomic E-state index is -0.340. The van der Waals surface area contributed by atoms with Gasteiger partial charge in [-0.05, 0) is 41.8 Å². The molecule has 4 rings (SSSR count). The van der Waals surface area contributed by atoms with E-state index in [-0.39, 0.29) is 5.63 Å². The van der Waals surface area contributed by atoms with E-state index in [0.717, 1.165) is 27.8 Å². The van der Waals surface area contributed by atoms with Crippen LogP contribution in [0.5, 0.6) is 11.5 Å². The number of hydrogen-bond acceptors (Lipinski definition) is 4. The zero-order chi connectivity index (χ0) is 21.1. The van der Waals surface area contributed by atoms with Crippen LogP contribution in [-0.2, 0) is 13.0 Å². The second-order valence-corrected chi connectivity index (χ2v) is 7.48. The van der Waals surface area contributed by atoms with E-state index < -0.39 is 0 Å². The Labute approximate surface area is 179 Å². The molecule has 4 aromatic rings. The first-order chi connectivity index (χ1) is 14.5. The Balaban J connectivity index is 1.63. The van der Waals surface area contributed by atoms with Gasteiger partial charge in [0.05, 0.1) is 12.1 Å². The zero-order valence-electron chi connectivity index (χ0n) is 16.8. The molecule has 0 spiro atoms. The van der Waals surface area contributed by atoms with E-state index in [0.29, 0.717) is 34.9 Å². The van der Waals surface area contributed by atoms with Crippen LogP contribution in [-0.4, -0.2) is 7.11 Å². The molecule has 3 aromatic carbocycles. The number of aryl methyl sites for hydroxylation is 1. The Morgan fingerprint density at radius 3 is 2.40 bits per heavy atom. The van der Waals surface area contributed by atoms with Crippen LogP contribution in [0.25, 0.3) is 11.0 Å². The Kier molecular flexibility index (Phi) is 5.77. The van der Waals surface area contributed by atoms with Crippen LogP contribution in [0.1, 0.15) is 22.3 Å². The van der Waals surface area contributed by atoms with Gasteiger partial charge in [0, 0.05) is 23.4 Å². The number of ether oxygens (including phenoxy) is 2. The molecule has 0 amide bonds. The first-order valence-electron chi connectivity index (χ1n) is 9.60. The molecule has 0 saturated heterocycles. The van der Waals surface area contributed by atoms with Crippen molar-refractivity contribution in [3.05, 3.63) is 104 Å². The fourth-order valence-electron chi connectivity index (χ4n) is 3.39. The molecule has 0 N–H and O–H groups in total. The van der Waals surface area contributed by atoms with E-state index in [4.69, 9.17) is 25.5 Å². The smallest absolute Gasteiger partial charge is 0.340 e. The van der Waals surface area contributed by atoms with Gasteiger partial charge in [-0.25, -0.2) is 4.79 Å². The normalized spacial score (nSPS) is 10.9. The van der Waals surface area contributed by atoms with E-state index in [1.807, 2.05) is 61.5 Å². The van der Waals surface area contributed by atoms with Gasteiger partial charge in [-0.2, -0.15) is 0 Å². The number of rotatable bonds is 6. The summed E-state index contributed by atoms with van der Waals surface area (Å²) in [7, 11) is 1.63. The molecule has 0 atom stereocenters. The summed E-state index contributed by atoms with van der Waals surface area (Å²) in [6, 6.07) is 20.9. The van der Waals surface area contributed by atoms with Gasteiger partial charge in [-0.15, -0.1) is 0 Å². The number of benzene rings is 3. The molecule has 0 saturated carbocycles. The highest BCUT2D eigenvalue weighted by atomic mass is 35.5. The quantitative estimate of drug-likeness (QED) is 0.362. The molecule has 0 aliphatic carbocycles. The maximum atomic E-state index is 12.6. The Morgan fingerprint density at radius 1 is 0.967 bits per heavy atom. The van der Waals surface area contributed by atoms with Crippen molar-refractivity contribution >= 4 is 22.6 Å². The summed E-state index contributed by atoms with van der Waals surface area (Å²) < 4.78 is 16.7. The summed E-state index contributed by atoms with van der Waals surface area (Å²) in [5.41, 5.74) is 3.65. The van der Waals surface area contributed by atoms with Gasteiger partial charge < -0.3 is 13.9 Å². The third-order valence-electron chi connectivity index (χ3n) is 5.12. The molecular weight excluding hydrogens is 400 g/mol. The predicted octanol–water partition coefficient (Wildman–Crippen LogP) is 5.93. The Bertz CT molecular complexity index is 1230. The minimum Gasteiger partial charge on any atom is -0.497 e. The molecule has 0 radical (unpaired) electrons. The summed E-state index contributed by atoms with van der Waals surface area (Å²) in [6.45, 7) is 2.26. The monoisotopic (exact) mass is 420 g/mol. The van der Waals surface area contributed by atoms with Crippen LogP contribution in [0.2, 0.25) is 5.02 Å². The summed E-state index contributed by atoms with van der Waals surface area (Å²) >= 11 is 6.48. The lowest BCUT2D eigenvalue weighted by atomic mass is 9.99. The molecule has 152 valence electrons. The minimum absolute atomic E-state index is 0.338. The fraction of sp³-hybridized carbons (Fsp3) is 0.160. The Morgan fingerprint density at radius 2 is 1.70 bits per heavy atom. The van der Waals surface area contributed by atoms with E-state index in [1.54, 1.807) is 19.2 Å². The van der Waals surface area contributed by atoms with Crippen molar-refractivity contribution in [2.75, 3.05) is 7.11 Å². The van der Waals surface area contributed by atoms with Crippen molar-refractivity contribution in [2.45, 2.75) is 20.0 Å². The van der Waals surface area contributed by atoms with Gasteiger partial charge in [0.15, 0.2) is 0 Å². The maximum Gasteiger partial charge on any atom is 0.340 e. The zero-order valence-corrected chi connectivity index (χ0v) is 17.5. The molecule has 5 heteroatoms. The second-order valence-electron chi connectivity index (χ2n) is 7.07. The van der Waals surface area contributed by atoms with Crippen molar-refractivity contribution in [1.29, 1.82) is 0 Å². The molecular formula is C25H21ClO4. The van der Waals surface area contributed by atoms with Crippen molar-refractivity contribution in [3.63, 3.8) is 0 Å². The highest BCUT2D eigenvalue weighted by Crippen LogP contribution is 2.33. The lowest BCUT2D eigenvalue weighted by molar-refractivity contribution is 0.306. The largest absolute Gasteiger partial charge is 0.497 e. The lowest BCUT2D eigenvalue weighted by Gasteiger charge is -2.12. The third kappa shape index (κ3) is 4.19. The number of fused-ring (bicyclic) bond motifs is 1. The molecule has 1 heterocycles. The molecule has 0 bridgehead atoms. The molecule has 0 aliphatic heterocycles. The molecule has 30 heavy (non-hydrogen) atoms. The summed E-state index contributed by atoms with van der Waals surface area (Å²) in [5, 5.41) is 1.28.